The number of carbonyl (C=O) groups is 1. The topological polar surface area (TPSA) is 105 Å². The molecule has 37 heavy (non-hydrogen) atoms. The highest BCUT2D eigenvalue weighted by Gasteiger charge is 2.25. The fourth-order valence-corrected chi connectivity index (χ4v) is 4.58. The largest absolute Gasteiger partial charge is 0.493 e. The summed E-state index contributed by atoms with van der Waals surface area (Å²) in [6.07, 6.45) is 1.69. The summed E-state index contributed by atoms with van der Waals surface area (Å²) in [6, 6.07) is 16.5. The van der Waals surface area contributed by atoms with Gasteiger partial charge in [0.2, 0.25) is 0 Å². The summed E-state index contributed by atoms with van der Waals surface area (Å²) in [5.41, 5.74) is 3.81. The SMILES string of the molecule is COc1ccc(-c2c(C(=O)O)c(Cn3cnc4ccccc43)nc3cc(OC)c(OC)cc23)cc1OC. The molecule has 5 aromatic rings. The van der Waals surface area contributed by atoms with E-state index >= 15 is 0 Å². The lowest BCUT2D eigenvalue weighted by molar-refractivity contribution is 0.0696. The van der Waals surface area contributed by atoms with Gasteiger partial charge < -0.3 is 28.6 Å². The Morgan fingerprint density at radius 1 is 0.838 bits per heavy atom. The molecule has 188 valence electrons. The third-order valence-corrected chi connectivity index (χ3v) is 6.30. The van der Waals surface area contributed by atoms with Crippen LogP contribution in [0.4, 0.5) is 0 Å². The normalized spacial score (nSPS) is 11.0. The van der Waals surface area contributed by atoms with E-state index in [0.717, 1.165) is 11.0 Å². The zero-order valence-corrected chi connectivity index (χ0v) is 20.8. The second-order valence-electron chi connectivity index (χ2n) is 8.27. The van der Waals surface area contributed by atoms with Gasteiger partial charge in [0.15, 0.2) is 23.0 Å². The second-order valence-corrected chi connectivity index (χ2v) is 8.27. The Labute approximate surface area is 212 Å². The van der Waals surface area contributed by atoms with Gasteiger partial charge in [-0.15, -0.1) is 0 Å². The molecular weight excluding hydrogens is 474 g/mol. The number of benzene rings is 3. The molecule has 9 nitrogen and oxygen atoms in total. The molecule has 0 saturated heterocycles. The standard InChI is InChI=1S/C28H25N3O6/c1-34-22-10-9-16(11-23(22)35-2)26-17-12-24(36-3)25(37-4)13-19(17)30-20(27(26)28(32)33)14-31-15-29-18-7-5-6-8-21(18)31/h5-13,15H,14H2,1-4H3,(H,32,33). The van der Waals surface area contributed by atoms with Gasteiger partial charge in [-0.3, -0.25) is 0 Å². The highest BCUT2D eigenvalue weighted by Crippen LogP contribution is 2.41. The molecule has 9 heteroatoms. The van der Waals surface area contributed by atoms with Crippen molar-refractivity contribution < 1.29 is 28.8 Å². The van der Waals surface area contributed by atoms with E-state index in [4.69, 9.17) is 23.9 Å². The molecule has 0 aliphatic rings. The molecule has 0 radical (unpaired) electrons. The number of ether oxygens (including phenoxy) is 4. The van der Waals surface area contributed by atoms with Crippen LogP contribution in [-0.2, 0) is 6.54 Å². The quantitative estimate of drug-likeness (QED) is 0.317. The van der Waals surface area contributed by atoms with Gasteiger partial charge in [-0.1, -0.05) is 18.2 Å². The minimum atomic E-state index is -1.10. The Morgan fingerprint density at radius 3 is 2.22 bits per heavy atom. The third-order valence-electron chi connectivity index (χ3n) is 6.30. The van der Waals surface area contributed by atoms with E-state index in [0.29, 0.717) is 50.7 Å². The van der Waals surface area contributed by atoms with E-state index in [1.54, 1.807) is 50.9 Å². The highest BCUT2D eigenvalue weighted by molar-refractivity contribution is 6.08. The third kappa shape index (κ3) is 4.14. The number of fused-ring (bicyclic) bond motifs is 2. The fourth-order valence-electron chi connectivity index (χ4n) is 4.58. The van der Waals surface area contributed by atoms with Crippen molar-refractivity contribution in [1.29, 1.82) is 0 Å². The number of carboxylic acid groups (broad SMARTS) is 1. The maximum atomic E-state index is 12.8. The van der Waals surface area contributed by atoms with Crippen LogP contribution in [0.3, 0.4) is 0 Å². The average molecular weight is 500 g/mol. The Hall–Kier alpha value is -4.79. The van der Waals surface area contributed by atoms with Crippen molar-refractivity contribution in [2.75, 3.05) is 28.4 Å². The van der Waals surface area contributed by atoms with Crippen molar-refractivity contribution in [2.24, 2.45) is 0 Å². The Morgan fingerprint density at radius 2 is 1.51 bits per heavy atom. The minimum Gasteiger partial charge on any atom is -0.493 e. The molecule has 1 N–H and O–H groups in total. The number of rotatable bonds is 8. The number of pyridine rings is 1. The van der Waals surface area contributed by atoms with Crippen LogP contribution in [0, 0.1) is 0 Å². The first-order chi connectivity index (χ1) is 18.0. The number of aromatic carboxylic acids is 1. The Kier molecular flexibility index (Phi) is 6.27. The van der Waals surface area contributed by atoms with Crippen molar-refractivity contribution in [2.45, 2.75) is 6.54 Å². The number of para-hydroxylation sites is 2. The van der Waals surface area contributed by atoms with Gasteiger partial charge in [0.25, 0.3) is 0 Å². The number of imidazole rings is 1. The van der Waals surface area contributed by atoms with E-state index in [2.05, 4.69) is 4.98 Å². The molecule has 0 spiro atoms. The second kappa shape index (κ2) is 9.69. The highest BCUT2D eigenvalue weighted by atomic mass is 16.5. The average Bonchev–Trinajstić information content (AvgIpc) is 3.33. The van der Waals surface area contributed by atoms with Crippen LogP contribution in [0.1, 0.15) is 16.1 Å². The van der Waals surface area contributed by atoms with E-state index < -0.39 is 5.97 Å². The van der Waals surface area contributed by atoms with E-state index in [1.165, 1.54) is 14.2 Å². The number of carboxylic acids is 1. The van der Waals surface area contributed by atoms with Crippen molar-refractivity contribution in [3.8, 4) is 34.1 Å². The van der Waals surface area contributed by atoms with Crippen LogP contribution in [-0.4, -0.2) is 54.1 Å². The molecule has 0 saturated carbocycles. The predicted octanol–water partition coefficient (Wildman–Crippen LogP) is 5.03. The van der Waals surface area contributed by atoms with Crippen LogP contribution in [0.2, 0.25) is 0 Å². The maximum absolute atomic E-state index is 12.8. The lowest BCUT2D eigenvalue weighted by Gasteiger charge is -2.18. The molecule has 0 atom stereocenters. The predicted molar refractivity (Wildman–Crippen MR) is 139 cm³/mol. The molecule has 0 aliphatic carbocycles. The first-order valence-corrected chi connectivity index (χ1v) is 11.4. The van der Waals surface area contributed by atoms with Crippen LogP contribution in [0.15, 0.2) is 60.9 Å². The lowest BCUT2D eigenvalue weighted by atomic mass is 9.93. The van der Waals surface area contributed by atoms with Gasteiger partial charge >= 0.3 is 5.97 Å². The Balaban J connectivity index is 1.84. The molecule has 0 unspecified atom stereocenters. The number of aromatic nitrogens is 3. The maximum Gasteiger partial charge on any atom is 0.338 e. The summed E-state index contributed by atoms with van der Waals surface area (Å²) in [5.74, 6) is 0.856. The summed E-state index contributed by atoms with van der Waals surface area (Å²) in [6.45, 7) is 0.201. The molecule has 5 rings (SSSR count). The molecule has 2 aromatic heterocycles. The monoisotopic (exact) mass is 499 g/mol. The zero-order valence-electron chi connectivity index (χ0n) is 20.8. The van der Waals surface area contributed by atoms with Crippen LogP contribution < -0.4 is 18.9 Å². The number of hydrogen-bond donors (Lipinski definition) is 1. The van der Waals surface area contributed by atoms with Crippen LogP contribution >= 0.6 is 0 Å². The molecule has 0 aliphatic heterocycles. The number of methoxy groups -OCH3 is 4. The van der Waals surface area contributed by atoms with Gasteiger partial charge in [-0.05, 0) is 35.9 Å². The van der Waals surface area contributed by atoms with E-state index in [-0.39, 0.29) is 12.1 Å². The lowest BCUT2D eigenvalue weighted by Crippen LogP contribution is -2.12. The summed E-state index contributed by atoms with van der Waals surface area (Å²) in [4.78, 5) is 22.1. The van der Waals surface area contributed by atoms with Gasteiger partial charge in [0.05, 0.1) is 69.1 Å². The van der Waals surface area contributed by atoms with Crippen molar-refractivity contribution in [1.82, 2.24) is 14.5 Å². The van der Waals surface area contributed by atoms with Gasteiger partial charge in [0.1, 0.15) is 0 Å². The first kappa shape index (κ1) is 23.9. The van der Waals surface area contributed by atoms with Crippen molar-refractivity contribution in [3.63, 3.8) is 0 Å². The minimum absolute atomic E-state index is 0.0738. The summed E-state index contributed by atoms with van der Waals surface area (Å²) >= 11 is 0. The summed E-state index contributed by atoms with van der Waals surface area (Å²) < 4.78 is 23.8. The van der Waals surface area contributed by atoms with Crippen LogP contribution in [0.25, 0.3) is 33.1 Å². The van der Waals surface area contributed by atoms with Crippen LogP contribution in [0.5, 0.6) is 23.0 Å². The van der Waals surface area contributed by atoms with Gasteiger partial charge in [-0.2, -0.15) is 0 Å². The molecule has 2 heterocycles. The summed E-state index contributed by atoms with van der Waals surface area (Å²) in [7, 11) is 6.16. The zero-order chi connectivity index (χ0) is 26.1. The van der Waals surface area contributed by atoms with Gasteiger partial charge in [0, 0.05) is 17.0 Å². The summed E-state index contributed by atoms with van der Waals surface area (Å²) in [5, 5.41) is 11.1. The number of nitrogens with zero attached hydrogens (tertiary/aromatic N) is 3. The molecule has 0 bridgehead atoms. The first-order valence-electron chi connectivity index (χ1n) is 11.4. The fraction of sp³-hybridized carbons (Fsp3) is 0.179. The van der Waals surface area contributed by atoms with E-state index in [9.17, 15) is 9.90 Å². The van der Waals surface area contributed by atoms with Crippen molar-refractivity contribution >= 4 is 27.9 Å². The van der Waals surface area contributed by atoms with Gasteiger partial charge in [-0.25, -0.2) is 14.8 Å². The molecule has 0 fully saturated rings. The van der Waals surface area contributed by atoms with Crippen molar-refractivity contribution in [3.05, 3.63) is 72.2 Å². The molecule has 0 amide bonds. The molecular formula is C28H25N3O6. The number of hydrogen-bond acceptors (Lipinski definition) is 7. The van der Waals surface area contributed by atoms with E-state index in [1.807, 2.05) is 28.8 Å². The Bertz CT molecular complexity index is 1640. The smallest absolute Gasteiger partial charge is 0.338 e. The molecule has 3 aromatic carbocycles.